The summed E-state index contributed by atoms with van der Waals surface area (Å²) in [6, 6.07) is 0. The van der Waals surface area contributed by atoms with Crippen LogP contribution in [-0.4, -0.2) is 35.2 Å². The average molecular weight is 185 g/mol. The van der Waals surface area contributed by atoms with E-state index in [2.05, 4.69) is 11.8 Å². The van der Waals surface area contributed by atoms with E-state index in [0.717, 1.165) is 25.4 Å². The first-order valence-electron chi connectivity index (χ1n) is 5.52. The van der Waals surface area contributed by atoms with Gasteiger partial charge >= 0.3 is 0 Å². The van der Waals surface area contributed by atoms with Gasteiger partial charge in [-0.15, -0.1) is 0 Å². The van der Waals surface area contributed by atoms with Gasteiger partial charge in [-0.25, -0.2) is 0 Å². The molecule has 2 nitrogen and oxygen atoms in total. The maximum atomic E-state index is 9.92. The Kier molecular flexibility index (Phi) is 3.74. The lowest BCUT2D eigenvalue weighted by Crippen LogP contribution is -2.41. The SMILES string of the molecule is CCN(CC1CC1)CC(C)(O)CC. The standard InChI is InChI=1S/C11H23NO/c1-4-11(3,13)9-12(5-2)8-10-6-7-10/h10,13H,4-9H2,1-3H3. The molecule has 0 aliphatic heterocycles. The van der Waals surface area contributed by atoms with Crippen molar-refractivity contribution < 1.29 is 5.11 Å². The van der Waals surface area contributed by atoms with Crippen molar-refractivity contribution in [3.8, 4) is 0 Å². The van der Waals surface area contributed by atoms with E-state index in [0.29, 0.717) is 0 Å². The molecule has 1 unspecified atom stereocenters. The van der Waals surface area contributed by atoms with E-state index < -0.39 is 5.60 Å². The van der Waals surface area contributed by atoms with E-state index in [1.165, 1.54) is 19.4 Å². The van der Waals surface area contributed by atoms with Crippen molar-refractivity contribution in [2.24, 2.45) is 5.92 Å². The third-order valence-electron chi connectivity index (χ3n) is 2.99. The van der Waals surface area contributed by atoms with Crippen LogP contribution in [0.1, 0.15) is 40.0 Å². The molecule has 0 aromatic carbocycles. The van der Waals surface area contributed by atoms with Crippen LogP contribution in [0.4, 0.5) is 0 Å². The van der Waals surface area contributed by atoms with Gasteiger partial charge in [0.2, 0.25) is 0 Å². The highest BCUT2D eigenvalue weighted by Crippen LogP contribution is 2.30. The molecule has 0 saturated heterocycles. The number of rotatable bonds is 6. The molecular weight excluding hydrogens is 162 g/mol. The minimum atomic E-state index is -0.495. The van der Waals surface area contributed by atoms with Crippen molar-refractivity contribution in [2.45, 2.75) is 45.6 Å². The molecular formula is C11H23NO. The van der Waals surface area contributed by atoms with Gasteiger partial charge in [-0.3, -0.25) is 0 Å². The molecule has 1 aliphatic rings. The first-order valence-corrected chi connectivity index (χ1v) is 5.52. The summed E-state index contributed by atoms with van der Waals surface area (Å²) in [6.45, 7) is 9.23. The molecule has 1 N–H and O–H groups in total. The Bertz CT molecular complexity index is 152. The molecule has 0 aromatic heterocycles. The lowest BCUT2D eigenvalue weighted by atomic mass is 10.0. The van der Waals surface area contributed by atoms with Crippen LogP contribution in [0, 0.1) is 5.92 Å². The smallest absolute Gasteiger partial charge is 0.0743 e. The fraction of sp³-hybridized carbons (Fsp3) is 1.00. The van der Waals surface area contributed by atoms with Crippen molar-refractivity contribution in [3.63, 3.8) is 0 Å². The second-order valence-corrected chi connectivity index (χ2v) is 4.62. The van der Waals surface area contributed by atoms with Crippen LogP contribution < -0.4 is 0 Å². The lowest BCUT2D eigenvalue weighted by molar-refractivity contribution is 0.0166. The quantitative estimate of drug-likeness (QED) is 0.683. The molecule has 1 rings (SSSR count). The van der Waals surface area contributed by atoms with Gasteiger partial charge in [0.05, 0.1) is 5.60 Å². The number of aliphatic hydroxyl groups is 1. The number of likely N-dealkylation sites (N-methyl/N-ethyl adjacent to an activating group) is 1. The van der Waals surface area contributed by atoms with Gasteiger partial charge in [-0.05, 0) is 38.6 Å². The van der Waals surface area contributed by atoms with E-state index in [1.54, 1.807) is 0 Å². The van der Waals surface area contributed by atoms with E-state index in [9.17, 15) is 5.11 Å². The highest BCUT2D eigenvalue weighted by Gasteiger charge is 2.27. The summed E-state index contributed by atoms with van der Waals surface area (Å²) < 4.78 is 0. The Morgan fingerprint density at radius 1 is 1.38 bits per heavy atom. The van der Waals surface area contributed by atoms with Gasteiger partial charge in [-0.2, -0.15) is 0 Å². The van der Waals surface area contributed by atoms with Crippen LogP contribution in [0.15, 0.2) is 0 Å². The van der Waals surface area contributed by atoms with E-state index in [-0.39, 0.29) is 0 Å². The van der Waals surface area contributed by atoms with Crippen LogP contribution in [-0.2, 0) is 0 Å². The van der Waals surface area contributed by atoms with Crippen LogP contribution in [0.5, 0.6) is 0 Å². The maximum absolute atomic E-state index is 9.92. The minimum Gasteiger partial charge on any atom is -0.389 e. The molecule has 0 radical (unpaired) electrons. The van der Waals surface area contributed by atoms with E-state index in [4.69, 9.17) is 0 Å². The van der Waals surface area contributed by atoms with Crippen LogP contribution in [0.2, 0.25) is 0 Å². The predicted molar refractivity (Wildman–Crippen MR) is 55.8 cm³/mol. The van der Waals surface area contributed by atoms with Crippen LogP contribution in [0.25, 0.3) is 0 Å². The van der Waals surface area contributed by atoms with Gasteiger partial charge in [0.15, 0.2) is 0 Å². The monoisotopic (exact) mass is 185 g/mol. The molecule has 78 valence electrons. The van der Waals surface area contributed by atoms with E-state index in [1.807, 2.05) is 13.8 Å². The zero-order chi connectivity index (χ0) is 9.90. The summed E-state index contributed by atoms with van der Waals surface area (Å²) in [7, 11) is 0. The number of hydrogen-bond acceptors (Lipinski definition) is 2. The van der Waals surface area contributed by atoms with Gasteiger partial charge in [-0.1, -0.05) is 13.8 Å². The Labute approximate surface area is 81.9 Å². The number of nitrogens with zero attached hydrogens (tertiary/aromatic N) is 1. The van der Waals surface area contributed by atoms with Gasteiger partial charge in [0, 0.05) is 13.1 Å². The lowest BCUT2D eigenvalue weighted by Gasteiger charge is -2.30. The molecule has 1 fully saturated rings. The van der Waals surface area contributed by atoms with E-state index >= 15 is 0 Å². The third-order valence-corrected chi connectivity index (χ3v) is 2.99. The maximum Gasteiger partial charge on any atom is 0.0743 e. The highest BCUT2D eigenvalue weighted by atomic mass is 16.3. The fourth-order valence-electron chi connectivity index (χ4n) is 1.56. The normalized spacial score (nSPS) is 21.9. The van der Waals surface area contributed by atoms with Gasteiger partial charge < -0.3 is 10.0 Å². The molecule has 0 heterocycles. The summed E-state index contributed by atoms with van der Waals surface area (Å²) in [5.41, 5.74) is -0.495. The summed E-state index contributed by atoms with van der Waals surface area (Å²) in [5.74, 6) is 0.924. The molecule has 2 heteroatoms. The van der Waals surface area contributed by atoms with Crippen molar-refractivity contribution in [3.05, 3.63) is 0 Å². The van der Waals surface area contributed by atoms with Crippen LogP contribution >= 0.6 is 0 Å². The Balaban J connectivity index is 2.28. The van der Waals surface area contributed by atoms with Crippen molar-refractivity contribution in [2.75, 3.05) is 19.6 Å². The molecule has 0 bridgehead atoms. The summed E-state index contributed by atoms with van der Waals surface area (Å²) in [5, 5.41) is 9.92. The second kappa shape index (κ2) is 4.43. The summed E-state index contributed by atoms with van der Waals surface area (Å²) >= 11 is 0. The fourth-order valence-corrected chi connectivity index (χ4v) is 1.56. The highest BCUT2D eigenvalue weighted by molar-refractivity contribution is 4.81. The molecule has 0 amide bonds. The van der Waals surface area contributed by atoms with Gasteiger partial charge in [0.1, 0.15) is 0 Å². The molecule has 0 spiro atoms. The Hall–Kier alpha value is -0.0800. The van der Waals surface area contributed by atoms with Crippen molar-refractivity contribution in [1.82, 2.24) is 4.90 Å². The molecule has 1 saturated carbocycles. The van der Waals surface area contributed by atoms with Crippen molar-refractivity contribution >= 4 is 0 Å². The second-order valence-electron chi connectivity index (χ2n) is 4.62. The number of hydrogen-bond donors (Lipinski definition) is 1. The van der Waals surface area contributed by atoms with Crippen molar-refractivity contribution in [1.29, 1.82) is 0 Å². The Morgan fingerprint density at radius 2 is 2.00 bits per heavy atom. The summed E-state index contributed by atoms with van der Waals surface area (Å²) in [4.78, 5) is 2.38. The zero-order valence-corrected chi connectivity index (χ0v) is 9.21. The van der Waals surface area contributed by atoms with Crippen LogP contribution in [0.3, 0.4) is 0 Å². The third kappa shape index (κ3) is 4.10. The summed E-state index contributed by atoms with van der Waals surface area (Å²) in [6.07, 6.45) is 3.63. The largest absolute Gasteiger partial charge is 0.389 e. The molecule has 1 atom stereocenters. The molecule has 1 aliphatic carbocycles. The van der Waals surface area contributed by atoms with Gasteiger partial charge in [0.25, 0.3) is 0 Å². The average Bonchev–Trinajstić information content (AvgIpc) is 2.87. The first kappa shape index (κ1) is 11.0. The molecule has 13 heavy (non-hydrogen) atoms. The minimum absolute atomic E-state index is 0.495. The predicted octanol–water partition coefficient (Wildman–Crippen LogP) is 1.88. The Morgan fingerprint density at radius 3 is 2.38 bits per heavy atom. The zero-order valence-electron chi connectivity index (χ0n) is 9.21. The topological polar surface area (TPSA) is 23.5 Å². The first-order chi connectivity index (χ1) is 6.07. The molecule has 0 aromatic rings.